The summed E-state index contributed by atoms with van der Waals surface area (Å²) in [6, 6.07) is 36.3. The predicted molar refractivity (Wildman–Crippen MR) is 132 cm³/mol. The second-order valence-corrected chi connectivity index (χ2v) is 8.14. The number of rotatable bonds is 4. The van der Waals surface area contributed by atoms with Gasteiger partial charge < -0.3 is 5.32 Å². The lowest BCUT2D eigenvalue weighted by atomic mass is 9.93. The summed E-state index contributed by atoms with van der Waals surface area (Å²) in [5, 5.41) is 13.0. The summed E-state index contributed by atoms with van der Waals surface area (Å²) in [6.45, 7) is 0.760. The normalized spacial score (nSPS) is 13.5. The first-order valence-corrected chi connectivity index (χ1v) is 11.0. The average molecular weight is 413 g/mol. The van der Waals surface area contributed by atoms with E-state index in [4.69, 9.17) is 0 Å². The van der Waals surface area contributed by atoms with Crippen LogP contribution in [0.3, 0.4) is 0 Å². The predicted octanol–water partition coefficient (Wildman–Crippen LogP) is 7.02. The fourth-order valence-electron chi connectivity index (χ4n) is 4.51. The molecule has 0 amide bonds. The number of anilines is 1. The van der Waals surface area contributed by atoms with Crippen LogP contribution in [0, 0.1) is 11.3 Å². The maximum atomic E-state index is 9.39. The number of nitriles is 1. The van der Waals surface area contributed by atoms with Crippen molar-refractivity contribution in [3.05, 3.63) is 131 Å². The van der Waals surface area contributed by atoms with Crippen molar-refractivity contribution in [1.82, 2.24) is 0 Å². The Balaban J connectivity index is 1.39. The zero-order chi connectivity index (χ0) is 21.8. The third-order valence-electron chi connectivity index (χ3n) is 6.11. The first-order chi connectivity index (χ1) is 15.8. The van der Waals surface area contributed by atoms with Crippen LogP contribution in [0.2, 0.25) is 0 Å². The molecule has 4 aromatic carbocycles. The molecule has 1 aliphatic rings. The first kappa shape index (κ1) is 19.8. The van der Waals surface area contributed by atoms with E-state index in [1.807, 2.05) is 6.07 Å². The molecular weight excluding hydrogens is 388 g/mol. The SMILES string of the molecule is N#C/C=C1\c2ccccc2CCc2cc(CNc3cccc(-c4ccccc4)c3)ccc21. The lowest BCUT2D eigenvalue weighted by molar-refractivity contribution is 0.959. The van der Waals surface area contributed by atoms with Gasteiger partial charge in [-0.2, -0.15) is 5.26 Å². The van der Waals surface area contributed by atoms with Crippen molar-refractivity contribution < 1.29 is 0 Å². The van der Waals surface area contributed by atoms with Crippen LogP contribution >= 0.6 is 0 Å². The zero-order valence-electron chi connectivity index (χ0n) is 17.9. The van der Waals surface area contributed by atoms with E-state index in [2.05, 4.69) is 102 Å². The van der Waals surface area contributed by atoms with Gasteiger partial charge in [0.05, 0.1) is 6.07 Å². The van der Waals surface area contributed by atoms with Crippen LogP contribution in [-0.2, 0) is 19.4 Å². The Bertz CT molecular complexity index is 1330. The van der Waals surface area contributed by atoms with Crippen molar-refractivity contribution in [2.75, 3.05) is 5.32 Å². The van der Waals surface area contributed by atoms with Crippen molar-refractivity contribution in [1.29, 1.82) is 5.26 Å². The summed E-state index contributed by atoms with van der Waals surface area (Å²) in [5.74, 6) is 0. The molecule has 0 saturated carbocycles. The Kier molecular flexibility index (Phi) is 5.56. The molecule has 1 aliphatic carbocycles. The van der Waals surface area contributed by atoms with Crippen molar-refractivity contribution >= 4 is 11.3 Å². The third-order valence-corrected chi connectivity index (χ3v) is 6.11. The van der Waals surface area contributed by atoms with Crippen molar-refractivity contribution in [2.45, 2.75) is 19.4 Å². The summed E-state index contributed by atoms with van der Waals surface area (Å²) in [6.07, 6.45) is 3.66. The van der Waals surface area contributed by atoms with E-state index in [0.29, 0.717) is 0 Å². The average Bonchev–Trinajstić information content (AvgIpc) is 3.01. The van der Waals surface area contributed by atoms with E-state index in [-0.39, 0.29) is 0 Å². The Labute approximate surface area is 189 Å². The topological polar surface area (TPSA) is 35.8 Å². The van der Waals surface area contributed by atoms with Gasteiger partial charge >= 0.3 is 0 Å². The molecule has 1 N–H and O–H groups in total. The van der Waals surface area contributed by atoms with Crippen LogP contribution in [0.5, 0.6) is 0 Å². The van der Waals surface area contributed by atoms with Crippen molar-refractivity contribution in [3.63, 3.8) is 0 Å². The molecule has 0 spiro atoms. The first-order valence-electron chi connectivity index (χ1n) is 11.0. The van der Waals surface area contributed by atoms with Crippen LogP contribution in [-0.4, -0.2) is 0 Å². The molecule has 0 radical (unpaired) electrons. The summed E-state index contributed by atoms with van der Waals surface area (Å²) in [4.78, 5) is 0. The van der Waals surface area contributed by atoms with Crippen LogP contribution in [0.1, 0.15) is 27.8 Å². The van der Waals surface area contributed by atoms with Gasteiger partial charge in [-0.1, -0.05) is 84.9 Å². The lowest BCUT2D eigenvalue weighted by Gasteiger charge is -2.13. The summed E-state index contributed by atoms with van der Waals surface area (Å²) in [7, 11) is 0. The fourth-order valence-corrected chi connectivity index (χ4v) is 4.51. The molecule has 0 saturated heterocycles. The molecule has 0 aliphatic heterocycles. The van der Waals surface area contributed by atoms with Crippen LogP contribution in [0.15, 0.2) is 103 Å². The number of hydrogen-bond donors (Lipinski definition) is 1. The molecule has 0 atom stereocenters. The number of hydrogen-bond acceptors (Lipinski definition) is 2. The number of nitrogens with one attached hydrogen (secondary N) is 1. The van der Waals surface area contributed by atoms with Crippen LogP contribution in [0.4, 0.5) is 5.69 Å². The molecule has 154 valence electrons. The minimum Gasteiger partial charge on any atom is -0.381 e. The Morgan fingerprint density at radius 1 is 0.719 bits per heavy atom. The van der Waals surface area contributed by atoms with Gasteiger partial charge in [0.25, 0.3) is 0 Å². The quantitative estimate of drug-likeness (QED) is 0.366. The second kappa shape index (κ2) is 8.96. The van der Waals surface area contributed by atoms with E-state index < -0.39 is 0 Å². The zero-order valence-corrected chi connectivity index (χ0v) is 17.9. The lowest BCUT2D eigenvalue weighted by Crippen LogP contribution is -2.02. The number of benzene rings is 4. The van der Waals surface area contributed by atoms with Gasteiger partial charge in [0, 0.05) is 18.3 Å². The largest absolute Gasteiger partial charge is 0.381 e. The summed E-state index contributed by atoms with van der Waals surface area (Å²) in [5.41, 5.74) is 10.8. The standard InChI is InChI=1S/C30H24N2/c31-18-17-30-28-12-5-4-9-24(28)14-15-26-19-22(13-16-29(26)30)21-32-27-11-6-10-25(20-27)23-7-2-1-3-8-23/h1-13,16-17,19-20,32H,14-15,21H2/b30-17+. The maximum Gasteiger partial charge on any atom is 0.0918 e. The summed E-state index contributed by atoms with van der Waals surface area (Å²) < 4.78 is 0. The van der Waals surface area contributed by atoms with Gasteiger partial charge in [0.1, 0.15) is 0 Å². The van der Waals surface area contributed by atoms with Gasteiger partial charge in [-0.25, -0.2) is 0 Å². The van der Waals surface area contributed by atoms with E-state index in [1.165, 1.54) is 38.9 Å². The highest BCUT2D eigenvalue weighted by Crippen LogP contribution is 2.34. The minimum absolute atomic E-state index is 0.760. The molecule has 0 aromatic heterocycles. The maximum absolute atomic E-state index is 9.39. The number of nitrogens with zero attached hydrogens (tertiary/aromatic N) is 1. The highest BCUT2D eigenvalue weighted by Gasteiger charge is 2.18. The molecule has 5 rings (SSSR count). The molecule has 0 heterocycles. The van der Waals surface area contributed by atoms with Gasteiger partial charge in [0.15, 0.2) is 0 Å². The van der Waals surface area contributed by atoms with Crippen molar-refractivity contribution in [2.24, 2.45) is 0 Å². The molecule has 0 fully saturated rings. The van der Waals surface area contributed by atoms with Crippen LogP contribution in [0.25, 0.3) is 16.7 Å². The fraction of sp³-hybridized carbons (Fsp3) is 0.100. The highest BCUT2D eigenvalue weighted by molar-refractivity contribution is 5.85. The minimum atomic E-state index is 0.760. The smallest absolute Gasteiger partial charge is 0.0918 e. The van der Waals surface area contributed by atoms with Gasteiger partial charge in [-0.05, 0) is 69.5 Å². The molecule has 4 aromatic rings. The molecule has 32 heavy (non-hydrogen) atoms. The molecule has 2 nitrogen and oxygen atoms in total. The van der Waals surface area contributed by atoms with E-state index >= 15 is 0 Å². The summed E-state index contributed by atoms with van der Waals surface area (Å²) >= 11 is 0. The monoisotopic (exact) mass is 412 g/mol. The Morgan fingerprint density at radius 2 is 1.47 bits per heavy atom. The molecule has 0 bridgehead atoms. The van der Waals surface area contributed by atoms with Gasteiger partial charge in [-0.3, -0.25) is 0 Å². The van der Waals surface area contributed by atoms with E-state index in [1.54, 1.807) is 6.08 Å². The van der Waals surface area contributed by atoms with Gasteiger partial charge in [0.2, 0.25) is 0 Å². The van der Waals surface area contributed by atoms with E-state index in [9.17, 15) is 5.26 Å². The van der Waals surface area contributed by atoms with Crippen molar-refractivity contribution in [3.8, 4) is 17.2 Å². The Morgan fingerprint density at radius 3 is 2.34 bits per heavy atom. The van der Waals surface area contributed by atoms with Crippen LogP contribution < -0.4 is 5.32 Å². The molecule has 0 unspecified atom stereocenters. The highest BCUT2D eigenvalue weighted by atomic mass is 14.9. The number of aryl methyl sites for hydroxylation is 2. The van der Waals surface area contributed by atoms with E-state index in [0.717, 1.165) is 30.6 Å². The molecular formula is C30H24N2. The van der Waals surface area contributed by atoms with Gasteiger partial charge in [-0.15, -0.1) is 0 Å². The number of fused-ring (bicyclic) bond motifs is 2. The molecule has 2 heteroatoms. The second-order valence-electron chi connectivity index (χ2n) is 8.14. The Hall–Kier alpha value is -4.09. The number of allylic oxidation sites excluding steroid dienone is 1. The third kappa shape index (κ3) is 4.06.